The maximum Gasteiger partial charge on any atom is 0.220 e. The van der Waals surface area contributed by atoms with E-state index in [0.29, 0.717) is 12.8 Å². The van der Waals surface area contributed by atoms with Crippen molar-refractivity contribution in [3.8, 4) is 0 Å². The van der Waals surface area contributed by atoms with Gasteiger partial charge in [-0.25, -0.2) is 0 Å². The number of aliphatic hydroxyl groups is 11. The van der Waals surface area contributed by atoms with Crippen molar-refractivity contribution in [1.29, 1.82) is 0 Å². The molecule has 0 spiro atoms. The van der Waals surface area contributed by atoms with Crippen LogP contribution in [0.2, 0.25) is 0 Å². The fourth-order valence-corrected chi connectivity index (χ4v) is 13.3. The lowest BCUT2D eigenvalue weighted by molar-refractivity contribution is -0.379. The molecule has 0 radical (unpaired) electrons. The first-order valence-electron chi connectivity index (χ1n) is 40.0. The molecule has 19 heteroatoms. The number of hydrogen-bond acceptors (Lipinski definition) is 18. The fraction of sp³-hybridized carbons (Fsp3) is 0.863. The van der Waals surface area contributed by atoms with Crippen molar-refractivity contribution in [3.63, 3.8) is 0 Å². The summed E-state index contributed by atoms with van der Waals surface area (Å²) in [7, 11) is 0. The molecule has 1 amide bonds. The summed E-state index contributed by atoms with van der Waals surface area (Å²) >= 11 is 0. The van der Waals surface area contributed by atoms with Gasteiger partial charge < -0.3 is 89.9 Å². The van der Waals surface area contributed by atoms with Gasteiger partial charge in [0.15, 0.2) is 18.9 Å². The molecule has 19 nitrogen and oxygen atoms in total. The van der Waals surface area contributed by atoms with Crippen LogP contribution in [0.1, 0.15) is 309 Å². The Kier molecular flexibility index (Phi) is 55.6. The Hall–Kier alpha value is -2.51. The van der Waals surface area contributed by atoms with Crippen LogP contribution in [0.4, 0.5) is 0 Å². The Labute approximate surface area is 598 Å². The van der Waals surface area contributed by atoms with Gasteiger partial charge in [-0.05, 0) is 77.0 Å². The first-order valence-corrected chi connectivity index (χ1v) is 40.0. The average molecular weight is 1410 g/mol. The molecule has 3 heterocycles. The lowest BCUT2D eigenvalue weighted by atomic mass is 9.96. The standard InChI is InChI=1S/C80H145NO18/c1-3-5-7-9-11-13-15-17-19-21-23-25-27-28-29-30-31-32-33-34-36-37-39-41-43-45-47-49-51-53-55-57-64(85)63(81-68(86)58-56-54-52-50-48-46-44-42-40-38-35-26-24-22-20-18-16-14-12-10-8-6-4-2)62-94-78-74(92)71(89)76(66(60-83)96-78)99-80-75(93)72(90)77(67(61-84)97-80)98-79-73(91)70(88)69(87)65(59-82)95-79/h16,18,22,24,39,41,47,49,55,57,63-67,69-80,82-85,87-93H,3-15,17,19-21,23,25-38,40,42-46,48,50-54,56,58-62H2,1-2H3,(H,81,86)/b18-16-,24-22-,41-39+,49-47+,57-55+. The van der Waals surface area contributed by atoms with Crippen molar-refractivity contribution >= 4 is 5.91 Å². The predicted octanol–water partition coefficient (Wildman–Crippen LogP) is 13.1. The molecular formula is C80H145NO18. The molecule has 3 saturated heterocycles. The summed E-state index contributed by atoms with van der Waals surface area (Å²) in [5, 5.41) is 121. The van der Waals surface area contributed by atoms with E-state index in [9.17, 15) is 61.0 Å². The number of aliphatic hydroxyl groups excluding tert-OH is 11. The van der Waals surface area contributed by atoms with Crippen LogP contribution >= 0.6 is 0 Å². The SMILES string of the molecule is CCCCCCC/C=C\C/C=C\CCCCCCCCCCCCCC(=O)NC(COC1OC(CO)C(OC2OC(CO)C(OC3OC(CO)C(O)C(O)C3O)C(O)C2O)C(O)C1O)C(O)/C=C/CC/C=C/CC/C=C/CCCCCCCCCCCCCCCCCCCCCCC. The van der Waals surface area contributed by atoms with Crippen LogP contribution in [0.15, 0.2) is 60.8 Å². The number of carbonyl (C=O) groups excluding carboxylic acids is 1. The van der Waals surface area contributed by atoms with Crippen LogP contribution in [0.3, 0.4) is 0 Å². The minimum atomic E-state index is -1.99. The Morgan fingerprint density at radius 2 is 0.677 bits per heavy atom. The van der Waals surface area contributed by atoms with Gasteiger partial charge in [0, 0.05) is 6.42 Å². The summed E-state index contributed by atoms with van der Waals surface area (Å²) in [4.78, 5) is 13.5. The van der Waals surface area contributed by atoms with Crippen molar-refractivity contribution in [3.05, 3.63) is 60.8 Å². The second-order valence-electron chi connectivity index (χ2n) is 28.5. The molecular weight excluding hydrogens is 1260 g/mol. The molecule has 12 N–H and O–H groups in total. The van der Waals surface area contributed by atoms with Crippen LogP contribution in [0.25, 0.3) is 0 Å². The summed E-state index contributed by atoms with van der Waals surface area (Å²) in [5.74, 6) is -0.290. The monoisotopic (exact) mass is 1410 g/mol. The summed E-state index contributed by atoms with van der Waals surface area (Å²) in [6.07, 6.45) is 50.7. The maximum absolute atomic E-state index is 13.5. The highest BCUT2D eigenvalue weighted by Gasteiger charge is 2.54. The molecule has 0 aromatic heterocycles. The van der Waals surface area contributed by atoms with Crippen molar-refractivity contribution in [2.75, 3.05) is 26.4 Å². The van der Waals surface area contributed by atoms with E-state index >= 15 is 0 Å². The van der Waals surface area contributed by atoms with Crippen LogP contribution in [0, 0.1) is 0 Å². The molecule has 578 valence electrons. The third kappa shape index (κ3) is 41.1. The topological polar surface area (TPSA) is 307 Å². The van der Waals surface area contributed by atoms with Crippen molar-refractivity contribution < 1.29 is 89.4 Å². The Bertz CT molecular complexity index is 2020. The number of nitrogens with one attached hydrogen (secondary N) is 1. The van der Waals surface area contributed by atoms with Crippen LogP contribution < -0.4 is 5.32 Å². The minimum absolute atomic E-state index is 0.228. The summed E-state index contributed by atoms with van der Waals surface area (Å²) in [6.45, 7) is 1.73. The van der Waals surface area contributed by atoms with Gasteiger partial charge in [-0.3, -0.25) is 4.79 Å². The second kappa shape index (κ2) is 60.7. The highest BCUT2D eigenvalue weighted by Crippen LogP contribution is 2.33. The fourth-order valence-electron chi connectivity index (χ4n) is 13.3. The van der Waals surface area contributed by atoms with Gasteiger partial charge in [0.05, 0.1) is 38.6 Å². The minimum Gasteiger partial charge on any atom is -0.394 e. The second-order valence-corrected chi connectivity index (χ2v) is 28.5. The zero-order valence-electron chi connectivity index (χ0n) is 61.7. The lowest BCUT2D eigenvalue weighted by Crippen LogP contribution is -2.66. The van der Waals surface area contributed by atoms with E-state index in [1.54, 1.807) is 6.08 Å². The molecule has 3 aliphatic heterocycles. The molecule has 17 unspecified atom stereocenters. The maximum atomic E-state index is 13.5. The van der Waals surface area contributed by atoms with Crippen LogP contribution in [-0.2, 0) is 33.2 Å². The number of hydrogen-bond donors (Lipinski definition) is 12. The summed E-state index contributed by atoms with van der Waals surface area (Å²) in [6, 6.07) is -1.00. The number of amides is 1. The number of allylic oxidation sites excluding steroid dienone is 9. The van der Waals surface area contributed by atoms with E-state index in [0.717, 1.165) is 64.2 Å². The zero-order valence-corrected chi connectivity index (χ0v) is 61.7. The van der Waals surface area contributed by atoms with E-state index in [1.165, 1.54) is 212 Å². The van der Waals surface area contributed by atoms with Gasteiger partial charge in [0.2, 0.25) is 5.91 Å². The van der Waals surface area contributed by atoms with Gasteiger partial charge in [-0.15, -0.1) is 0 Å². The first-order chi connectivity index (χ1) is 48.3. The van der Waals surface area contributed by atoms with E-state index in [2.05, 4.69) is 67.8 Å². The quantitative estimate of drug-likeness (QED) is 0.0199. The molecule has 99 heavy (non-hydrogen) atoms. The van der Waals surface area contributed by atoms with Gasteiger partial charge in [0.1, 0.15) is 73.2 Å². The predicted molar refractivity (Wildman–Crippen MR) is 392 cm³/mol. The molecule has 3 aliphatic rings. The van der Waals surface area contributed by atoms with Gasteiger partial charge in [-0.2, -0.15) is 0 Å². The number of rotatable bonds is 63. The molecule has 3 fully saturated rings. The van der Waals surface area contributed by atoms with Gasteiger partial charge >= 0.3 is 0 Å². The lowest BCUT2D eigenvalue weighted by Gasteiger charge is -2.48. The molecule has 3 rings (SSSR count). The average Bonchev–Trinajstić information content (AvgIpc) is 0.782. The smallest absolute Gasteiger partial charge is 0.220 e. The first kappa shape index (κ1) is 90.7. The van der Waals surface area contributed by atoms with Gasteiger partial charge in [-0.1, -0.05) is 286 Å². The molecule has 0 saturated carbocycles. The zero-order chi connectivity index (χ0) is 71.8. The van der Waals surface area contributed by atoms with Crippen LogP contribution in [-0.4, -0.2) is 193 Å². The third-order valence-corrected chi connectivity index (χ3v) is 19.8. The largest absolute Gasteiger partial charge is 0.394 e. The van der Waals surface area contributed by atoms with Crippen molar-refractivity contribution in [2.24, 2.45) is 0 Å². The van der Waals surface area contributed by atoms with Gasteiger partial charge in [0.25, 0.3) is 0 Å². The molecule has 0 bridgehead atoms. The van der Waals surface area contributed by atoms with Crippen LogP contribution in [0.5, 0.6) is 0 Å². The third-order valence-electron chi connectivity index (χ3n) is 19.8. The normalized spacial score (nSPS) is 26.9. The highest BCUT2D eigenvalue weighted by atomic mass is 16.8. The van der Waals surface area contributed by atoms with E-state index in [-0.39, 0.29) is 18.9 Å². The number of carbonyl (C=O) groups is 1. The highest BCUT2D eigenvalue weighted by molar-refractivity contribution is 5.76. The Morgan fingerprint density at radius 3 is 1.07 bits per heavy atom. The van der Waals surface area contributed by atoms with Crippen molar-refractivity contribution in [1.82, 2.24) is 5.32 Å². The van der Waals surface area contributed by atoms with E-state index < -0.39 is 124 Å². The van der Waals surface area contributed by atoms with E-state index in [4.69, 9.17) is 28.4 Å². The van der Waals surface area contributed by atoms with Crippen molar-refractivity contribution in [2.45, 2.75) is 413 Å². The van der Waals surface area contributed by atoms with E-state index in [1.807, 2.05) is 6.08 Å². The number of unbranched alkanes of at least 4 members (excludes halogenated alkanes) is 39. The summed E-state index contributed by atoms with van der Waals surface area (Å²) < 4.78 is 34.4. The molecule has 0 aliphatic carbocycles. The molecule has 17 atom stereocenters. The molecule has 0 aromatic rings. The number of ether oxygens (including phenoxy) is 6. The Balaban J connectivity index is 1.40. The molecule has 0 aromatic carbocycles. The summed E-state index contributed by atoms with van der Waals surface area (Å²) in [5.41, 5.74) is 0. The Morgan fingerprint density at radius 1 is 0.364 bits per heavy atom.